The number of rotatable bonds is 2. The van der Waals surface area contributed by atoms with E-state index in [0.717, 1.165) is 18.0 Å². The molecule has 0 aliphatic carbocycles. The van der Waals surface area contributed by atoms with Crippen LogP contribution in [0.2, 0.25) is 0 Å². The first-order valence-corrected chi connectivity index (χ1v) is 6.37. The normalized spacial score (nSPS) is 17.9. The van der Waals surface area contributed by atoms with Crippen molar-refractivity contribution < 1.29 is 9.53 Å². The second kappa shape index (κ2) is 4.18. The Morgan fingerprint density at radius 2 is 2.38 bits per heavy atom. The van der Waals surface area contributed by atoms with E-state index in [1.807, 2.05) is 13.0 Å². The minimum atomic E-state index is -0.197. The molecule has 0 unspecified atom stereocenters. The van der Waals surface area contributed by atoms with Gasteiger partial charge in [-0.25, -0.2) is 4.79 Å². The molecule has 0 amide bonds. The molecule has 1 aromatic heterocycles. The van der Waals surface area contributed by atoms with Crippen molar-refractivity contribution in [2.24, 2.45) is 0 Å². The van der Waals surface area contributed by atoms with Crippen LogP contribution in [0.5, 0.6) is 0 Å². The van der Waals surface area contributed by atoms with Crippen molar-refractivity contribution in [3.63, 3.8) is 0 Å². The van der Waals surface area contributed by atoms with Gasteiger partial charge >= 0.3 is 5.97 Å². The molecule has 1 aliphatic heterocycles. The molecule has 4 heteroatoms. The quantitative estimate of drug-likeness (QED) is 0.805. The van der Waals surface area contributed by atoms with E-state index in [4.69, 9.17) is 4.74 Å². The zero-order chi connectivity index (χ0) is 11.8. The fraction of sp³-hybridized carbons (Fsp3) is 0.583. The summed E-state index contributed by atoms with van der Waals surface area (Å²) < 4.78 is 5.02. The van der Waals surface area contributed by atoms with E-state index in [2.05, 4.69) is 19.2 Å². The lowest BCUT2D eigenvalue weighted by Crippen LogP contribution is -2.37. The van der Waals surface area contributed by atoms with Gasteiger partial charge in [-0.1, -0.05) is 13.8 Å². The van der Waals surface area contributed by atoms with Gasteiger partial charge in [0, 0.05) is 23.4 Å². The van der Waals surface area contributed by atoms with Gasteiger partial charge in [-0.2, -0.15) is 0 Å². The van der Waals surface area contributed by atoms with Crippen molar-refractivity contribution in [2.45, 2.75) is 32.7 Å². The molecular weight excluding hydrogens is 222 g/mol. The van der Waals surface area contributed by atoms with Gasteiger partial charge in [-0.05, 0) is 18.6 Å². The Morgan fingerprint density at radius 1 is 1.62 bits per heavy atom. The molecule has 0 saturated heterocycles. The highest BCUT2D eigenvalue weighted by atomic mass is 32.1. The van der Waals surface area contributed by atoms with Crippen LogP contribution in [-0.4, -0.2) is 19.1 Å². The van der Waals surface area contributed by atoms with Crippen LogP contribution in [0.4, 0.5) is 0 Å². The molecule has 3 nitrogen and oxygen atoms in total. The highest BCUT2D eigenvalue weighted by molar-refractivity contribution is 7.14. The number of carbonyl (C=O) groups excluding carboxylic acids is 1. The predicted molar refractivity (Wildman–Crippen MR) is 65.0 cm³/mol. The highest BCUT2D eigenvalue weighted by Gasteiger charge is 2.30. The van der Waals surface area contributed by atoms with Crippen LogP contribution in [-0.2, 0) is 16.7 Å². The topological polar surface area (TPSA) is 38.3 Å². The third-order valence-corrected chi connectivity index (χ3v) is 4.31. The van der Waals surface area contributed by atoms with Crippen LogP contribution in [0, 0.1) is 0 Å². The van der Waals surface area contributed by atoms with E-state index < -0.39 is 0 Å². The van der Waals surface area contributed by atoms with Gasteiger partial charge in [0.05, 0.1) is 6.61 Å². The summed E-state index contributed by atoms with van der Waals surface area (Å²) in [5, 5.41) is 3.37. The van der Waals surface area contributed by atoms with Crippen molar-refractivity contribution in [3.8, 4) is 0 Å². The molecule has 2 heterocycles. The first-order chi connectivity index (χ1) is 7.54. The number of thiophene rings is 1. The summed E-state index contributed by atoms with van der Waals surface area (Å²) in [6.07, 6.45) is 0. The second-order valence-electron chi connectivity index (χ2n) is 4.67. The maximum atomic E-state index is 11.6. The van der Waals surface area contributed by atoms with Crippen LogP contribution in [0.1, 0.15) is 40.9 Å². The number of nitrogens with one attached hydrogen (secondary N) is 1. The highest BCUT2D eigenvalue weighted by Crippen LogP contribution is 2.36. The Kier molecular flexibility index (Phi) is 3.04. The fourth-order valence-corrected chi connectivity index (χ4v) is 3.20. The largest absolute Gasteiger partial charge is 0.462 e. The Morgan fingerprint density at radius 3 is 3.00 bits per heavy atom. The minimum Gasteiger partial charge on any atom is -0.462 e. The molecule has 0 saturated carbocycles. The van der Waals surface area contributed by atoms with Crippen LogP contribution in [0.15, 0.2) is 6.07 Å². The molecule has 0 spiro atoms. The van der Waals surface area contributed by atoms with Gasteiger partial charge in [-0.3, -0.25) is 0 Å². The van der Waals surface area contributed by atoms with Gasteiger partial charge < -0.3 is 10.1 Å². The summed E-state index contributed by atoms with van der Waals surface area (Å²) in [6.45, 7) is 8.48. The van der Waals surface area contributed by atoms with E-state index in [0.29, 0.717) is 6.61 Å². The Bertz CT molecular complexity index is 409. The molecule has 0 bridgehead atoms. The summed E-state index contributed by atoms with van der Waals surface area (Å²) in [5.41, 5.74) is 1.35. The first kappa shape index (κ1) is 11.6. The lowest BCUT2D eigenvalue weighted by molar-refractivity contribution is 0.0532. The molecule has 0 radical (unpaired) electrons. The number of carbonyl (C=O) groups is 1. The average Bonchev–Trinajstić information content (AvgIpc) is 2.63. The lowest BCUT2D eigenvalue weighted by atomic mass is 9.86. The SMILES string of the molecule is CCOC(=O)c1cc2c(s1)C(C)(C)CNC2. The molecule has 0 atom stereocenters. The maximum Gasteiger partial charge on any atom is 0.348 e. The molecule has 1 aliphatic rings. The zero-order valence-corrected chi connectivity index (χ0v) is 10.7. The molecule has 1 N–H and O–H groups in total. The van der Waals surface area contributed by atoms with Gasteiger partial charge in [0.1, 0.15) is 4.88 Å². The summed E-state index contributed by atoms with van der Waals surface area (Å²) in [6, 6.07) is 1.96. The van der Waals surface area contributed by atoms with Crippen molar-refractivity contribution >= 4 is 17.3 Å². The first-order valence-electron chi connectivity index (χ1n) is 5.55. The van der Waals surface area contributed by atoms with Gasteiger partial charge in [0.15, 0.2) is 0 Å². The Hall–Kier alpha value is -0.870. The Labute approximate surface area is 99.8 Å². The molecule has 16 heavy (non-hydrogen) atoms. The number of hydrogen-bond donors (Lipinski definition) is 1. The van der Waals surface area contributed by atoms with Crippen LogP contribution >= 0.6 is 11.3 Å². The standard InChI is InChI=1S/C12H17NO2S/c1-4-15-11(14)9-5-8-6-13-7-12(2,3)10(8)16-9/h5,13H,4,6-7H2,1-3H3. The second-order valence-corrected chi connectivity index (χ2v) is 5.73. The van der Waals surface area contributed by atoms with Crippen molar-refractivity contribution in [2.75, 3.05) is 13.2 Å². The molecule has 88 valence electrons. The number of esters is 1. The smallest absolute Gasteiger partial charge is 0.348 e. The third-order valence-electron chi connectivity index (χ3n) is 2.78. The van der Waals surface area contributed by atoms with Gasteiger partial charge in [-0.15, -0.1) is 11.3 Å². The molecule has 0 aromatic carbocycles. The maximum absolute atomic E-state index is 11.6. The number of hydrogen-bond acceptors (Lipinski definition) is 4. The fourth-order valence-electron chi connectivity index (χ4n) is 2.03. The monoisotopic (exact) mass is 239 g/mol. The average molecular weight is 239 g/mol. The van der Waals surface area contributed by atoms with E-state index in [1.54, 1.807) is 11.3 Å². The van der Waals surface area contributed by atoms with Crippen LogP contribution in [0.3, 0.4) is 0 Å². The zero-order valence-electron chi connectivity index (χ0n) is 9.92. The van der Waals surface area contributed by atoms with E-state index in [9.17, 15) is 4.79 Å². The van der Waals surface area contributed by atoms with E-state index in [-0.39, 0.29) is 11.4 Å². The minimum absolute atomic E-state index is 0.114. The van der Waals surface area contributed by atoms with Gasteiger partial charge in [0.25, 0.3) is 0 Å². The Balaban J connectivity index is 2.33. The van der Waals surface area contributed by atoms with Gasteiger partial charge in [0.2, 0.25) is 0 Å². The number of ether oxygens (including phenoxy) is 1. The van der Waals surface area contributed by atoms with E-state index in [1.165, 1.54) is 10.4 Å². The van der Waals surface area contributed by atoms with E-state index >= 15 is 0 Å². The summed E-state index contributed by atoms with van der Waals surface area (Å²) in [5.74, 6) is -0.197. The molecule has 2 rings (SSSR count). The molecular formula is C12H17NO2S. The molecule has 0 fully saturated rings. The van der Waals surface area contributed by atoms with Crippen molar-refractivity contribution in [3.05, 3.63) is 21.4 Å². The van der Waals surface area contributed by atoms with Crippen LogP contribution < -0.4 is 5.32 Å². The molecule has 1 aromatic rings. The predicted octanol–water partition coefficient (Wildman–Crippen LogP) is 2.31. The lowest BCUT2D eigenvalue weighted by Gasteiger charge is -2.30. The number of fused-ring (bicyclic) bond motifs is 1. The third kappa shape index (κ3) is 1.99. The summed E-state index contributed by atoms with van der Waals surface area (Å²) in [7, 11) is 0. The van der Waals surface area contributed by atoms with Crippen molar-refractivity contribution in [1.82, 2.24) is 5.32 Å². The summed E-state index contributed by atoms with van der Waals surface area (Å²) in [4.78, 5) is 13.7. The van der Waals surface area contributed by atoms with Crippen LogP contribution in [0.25, 0.3) is 0 Å². The van der Waals surface area contributed by atoms with Crippen molar-refractivity contribution in [1.29, 1.82) is 0 Å². The summed E-state index contributed by atoms with van der Waals surface area (Å²) >= 11 is 1.58.